The number of aryl methyl sites for hydroxylation is 2. The average molecular weight is 329 g/mol. The van der Waals surface area contributed by atoms with Gasteiger partial charge >= 0.3 is 0 Å². The summed E-state index contributed by atoms with van der Waals surface area (Å²) in [6, 6.07) is 13.6. The number of amides is 1. The van der Waals surface area contributed by atoms with E-state index in [1.807, 2.05) is 32.0 Å². The molecule has 0 saturated heterocycles. The minimum absolute atomic E-state index is 0.0350. The summed E-state index contributed by atoms with van der Waals surface area (Å²) in [5.41, 5.74) is 5.04. The van der Waals surface area contributed by atoms with Gasteiger partial charge in [0.05, 0.1) is 0 Å². The first-order valence-corrected chi connectivity index (χ1v) is 9.07. The molecule has 0 bridgehead atoms. The number of hydrogen-bond acceptors (Lipinski definition) is 2. The van der Waals surface area contributed by atoms with Crippen LogP contribution in [0.1, 0.15) is 32.6 Å². The predicted octanol–water partition coefficient (Wildman–Crippen LogP) is 3.45. The number of nitrogens with zero attached hydrogens (tertiary/aromatic N) is 1. The van der Waals surface area contributed by atoms with E-state index in [1.165, 1.54) is 11.1 Å². The molecule has 0 heterocycles. The fourth-order valence-electron chi connectivity index (χ4n) is 2.42. The second-order valence-corrected chi connectivity index (χ2v) is 7.52. The van der Waals surface area contributed by atoms with Gasteiger partial charge in [-0.15, -0.1) is 0 Å². The molecule has 3 nitrogen and oxygen atoms in total. The molecule has 2 rings (SSSR count). The van der Waals surface area contributed by atoms with Crippen LogP contribution in [0.15, 0.2) is 42.5 Å². The molecular formula is C19H23NO2S. The molecule has 0 aromatic heterocycles. The van der Waals surface area contributed by atoms with Crippen molar-refractivity contribution in [1.82, 2.24) is 4.90 Å². The zero-order valence-corrected chi connectivity index (χ0v) is 14.9. The van der Waals surface area contributed by atoms with Crippen molar-refractivity contribution in [3.63, 3.8) is 0 Å². The first-order valence-electron chi connectivity index (χ1n) is 7.58. The van der Waals surface area contributed by atoms with Crippen LogP contribution in [-0.4, -0.2) is 29.1 Å². The average Bonchev–Trinajstić information content (AvgIpc) is 2.50. The largest absolute Gasteiger partial charge is 0.345 e. The summed E-state index contributed by atoms with van der Waals surface area (Å²) in [4.78, 5) is 13.6. The van der Waals surface area contributed by atoms with E-state index in [0.717, 1.165) is 11.1 Å². The molecule has 1 amide bonds. The Balaban J connectivity index is 2.10. The monoisotopic (exact) mass is 329 g/mol. The van der Waals surface area contributed by atoms with Gasteiger partial charge in [-0.2, -0.15) is 0 Å². The normalized spacial score (nSPS) is 12.0. The molecule has 23 heavy (non-hydrogen) atoms. The van der Waals surface area contributed by atoms with Crippen LogP contribution >= 0.6 is 0 Å². The van der Waals surface area contributed by atoms with Gasteiger partial charge in [-0.05, 0) is 42.7 Å². The first kappa shape index (κ1) is 17.4. The van der Waals surface area contributed by atoms with Crippen LogP contribution in [0.25, 0.3) is 0 Å². The van der Waals surface area contributed by atoms with Gasteiger partial charge in [0.2, 0.25) is 0 Å². The second-order valence-electron chi connectivity index (χ2n) is 6.06. The topological polar surface area (TPSA) is 37.4 Å². The van der Waals surface area contributed by atoms with Crippen LogP contribution in [0.4, 0.5) is 0 Å². The third-order valence-corrected chi connectivity index (χ3v) is 5.02. The fourth-order valence-corrected chi connectivity index (χ4v) is 3.73. The van der Waals surface area contributed by atoms with Gasteiger partial charge in [0.15, 0.2) is 0 Å². The lowest BCUT2D eigenvalue weighted by Gasteiger charge is -2.11. The van der Waals surface area contributed by atoms with Crippen molar-refractivity contribution in [3.8, 4) is 0 Å². The highest BCUT2D eigenvalue weighted by molar-refractivity contribution is 7.83. The second kappa shape index (κ2) is 7.55. The van der Waals surface area contributed by atoms with E-state index >= 15 is 0 Å². The van der Waals surface area contributed by atoms with Gasteiger partial charge in [-0.25, -0.2) is 0 Å². The lowest BCUT2D eigenvalue weighted by Crippen LogP contribution is -2.21. The summed E-state index contributed by atoms with van der Waals surface area (Å²) in [5, 5.41) is 0. The van der Waals surface area contributed by atoms with Crippen LogP contribution in [0, 0.1) is 13.8 Å². The number of rotatable bonds is 5. The lowest BCUT2D eigenvalue weighted by molar-refractivity contribution is 0.0827. The van der Waals surface area contributed by atoms with E-state index in [-0.39, 0.29) is 5.91 Å². The summed E-state index contributed by atoms with van der Waals surface area (Å²) in [5.74, 6) is 0.966. The first-order chi connectivity index (χ1) is 10.9. The molecular weight excluding hydrogens is 306 g/mol. The Morgan fingerprint density at radius 2 is 1.78 bits per heavy atom. The molecule has 2 aromatic rings. The van der Waals surface area contributed by atoms with Crippen molar-refractivity contribution >= 4 is 16.7 Å². The van der Waals surface area contributed by atoms with Crippen molar-refractivity contribution in [2.75, 3.05) is 14.1 Å². The molecule has 2 aromatic carbocycles. The molecule has 0 saturated carbocycles. The van der Waals surface area contributed by atoms with Crippen LogP contribution in [0.5, 0.6) is 0 Å². The Labute approximate surface area is 140 Å². The van der Waals surface area contributed by atoms with Gasteiger partial charge in [0, 0.05) is 42.0 Å². The predicted molar refractivity (Wildman–Crippen MR) is 95.9 cm³/mol. The SMILES string of the molecule is Cc1ccc(C)c(CS(=O)Cc2cccc(C(=O)N(C)C)c2)c1. The smallest absolute Gasteiger partial charge is 0.253 e. The molecule has 4 heteroatoms. The standard InChI is InChI=1S/C19H23NO2S/c1-14-8-9-15(2)18(10-14)13-23(22)12-16-6-5-7-17(11-16)19(21)20(3)4/h5-11H,12-13H2,1-4H3. The highest BCUT2D eigenvalue weighted by atomic mass is 32.2. The zero-order chi connectivity index (χ0) is 17.0. The summed E-state index contributed by atoms with van der Waals surface area (Å²) in [7, 11) is 2.46. The zero-order valence-electron chi connectivity index (χ0n) is 14.1. The van der Waals surface area contributed by atoms with Crippen LogP contribution in [-0.2, 0) is 22.3 Å². The van der Waals surface area contributed by atoms with E-state index in [2.05, 4.69) is 18.2 Å². The van der Waals surface area contributed by atoms with E-state index in [0.29, 0.717) is 17.1 Å². The van der Waals surface area contributed by atoms with Crippen molar-refractivity contribution in [3.05, 3.63) is 70.3 Å². The summed E-state index contributed by atoms with van der Waals surface area (Å²) in [6.07, 6.45) is 0. The highest BCUT2D eigenvalue weighted by Gasteiger charge is 2.10. The Morgan fingerprint density at radius 3 is 2.48 bits per heavy atom. The minimum atomic E-state index is -0.998. The molecule has 0 radical (unpaired) electrons. The maximum absolute atomic E-state index is 12.5. The van der Waals surface area contributed by atoms with Crippen molar-refractivity contribution < 1.29 is 9.00 Å². The van der Waals surface area contributed by atoms with Gasteiger partial charge in [-0.1, -0.05) is 35.9 Å². The quantitative estimate of drug-likeness (QED) is 0.842. The summed E-state index contributed by atoms with van der Waals surface area (Å²) >= 11 is 0. The molecule has 0 aliphatic rings. The summed E-state index contributed by atoms with van der Waals surface area (Å²) < 4.78 is 12.5. The van der Waals surface area contributed by atoms with E-state index < -0.39 is 10.8 Å². The van der Waals surface area contributed by atoms with Crippen molar-refractivity contribution in [2.24, 2.45) is 0 Å². The molecule has 1 atom stereocenters. The molecule has 1 unspecified atom stereocenters. The van der Waals surface area contributed by atoms with E-state index in [9.17, 15) is 9.00 Å². The number of carbonyl (C=O) groups is 1. The molecule has 0 aliphatic heterocycles. The fraction of sp³-hybridized carbons (Fsp3) is 0.316. The lowest BCUT2D eigenvalue weighted by atomic mass is 10.1. The Bertz CT molecular complexity index is 738. The molecule has 0 spiro atoms. The molecule has 0 N–H and O–H groups in total. The maximum atomic E-state index is 12.5. The minimum Gasteiger partial charge on any atom is -0.345 e. The third kappa shape index (κ3) is 4.76. The third-order valence-electron chi connectivity index (χ3n) is 3.73. The van der Waals surface area contributed by atoms with Crippen molar-refractivity contribution in [2.45, 2.75) is 25.4 Å². The number of benzene rings is 2. The summed E-state index contributed by atoms with van der Waals surface area (Å²) in [6.45, 7) is 4.09. The number of carbonyl (C=O) groups excluding carboxylic acids is 1. The molecule has 0 fully saturated rings. The van der Waals surface area contributed by atoms with E-state index in [4.69, 9.17) is 0 Å². The van der Waals surface area contributed by atoms with Crippen LogP contribution in [0.2, 0.25) is 0 Å². The van der Waals surface area contributed by atoms with Gasteiger partial charge in [-0.3, -0.25) is 9.00 Å². The Hall–Kier alpha value is -1.94. The Kier molecular flexibility index (Phi) is 5.72. The number of hydrogen-bond donors (Lipinski definition) is 0. The van der Waals surface area contributed by atoms with Crippen molar-refractivity contribution in [1.29, 1.82) is 0 Å². The maximum Gasteiger partial charge on any atom is 0.253 e. The Morgan fingerprint density at radius 1 is 1.04 bits per heavy atom. The molecule has 122 valence electrons. The van der Waals surface area contributed by atoms with E-state index in [1.54, 1.807) is 25.1 Å². The van der Waals surface area contributed by atoms with Gasteiger partial charge < -0.3 is 4.90 Å². The van der Waals surface area contributed by atoms with Gasteiger partial charge in [0.25, 0.3) is 5.91 Å². The van der Waals surface area contributed by atoms with Crippen LogP contribution < -0.4 is 0 Å². The molecule has 0 aliphatic carbocycles. The van der Waals surface area contributed by atoms with Gasteiger partial charge in [0.1, 0.15) is 0 Å². The highest BCUT2D eigenvalue weighted by Crippen LogP contribution is 2.16. The van der Waals surface area contributed by atoms with Crippen LogP contribution in [0.3, 0.4) is 0 Å².